The highest BCUT2D eigenvalue weighted by Crippen LogP contribution is 2.34. The number of hydrogen-bond donors (Lipinski definition) is 1. The summed E-state index contributed by atoms with van der Waals surface area (Å²) >= 11 is 0. The molecule has 0 saturated heterocycles. The minimum Gasteiger partial charge on any atom is -0.491 e. The van der Waals surface area contributed by atoms with Gasteiger partial charge < -0.3 is 10.1 Å². The van der Waals surface area contributed by atoms with Crippen molar-refractivity contribution < 1.29 is 17.9 Å². The molecule has 2 nitrogen and oxygen atoms in total. The molecule has 0 radical (unpaired) electrons. The van der Waals surface area contributed by atoms with Crippen LogP contribution in [-0.4, -0.2) is 13.7 Å². The summed E-state index contributed by atoms with van der Waals surface area (Å²) < 4.78 is 42.8. The molecule has 96 valence electrons. The Labute approximate surface area is 98.8 Å². The molecule has 1 aromatic rings. The lowest BCUT2D eigenvalue weighted by Gasteiger charge is -2.14. The predicted molar refractivity (Wildman–Crippen MR) is 61.4 cm³/mol. The van der Waals surface area contributed by atoms with Crippen LogP contribution in [0.15, 0.2) is 18.2 Å². The highest BCUT2D eigenvalue weighted by Gasteiger charge is 2.31. The summed E-state index contributed by atoms with van der Waals surface area (Å²) in [6.07, 6.45) is -2.47. The van der Waals surface area contributed by atoms with Crippen molar-refractivity contribution in [3.63, 3.8) is 0 Å². The molecular weight excluding hydrogens is 231 g/mol. The number of ether oxygens (including phenoxy) is 1. The Balaban J connectivity index is 2.86. The van der Waals surface area contributed by atoms with Gasteiger partial charge >= 0.3 is 6.18 Å². The fourth-order valence-corrected chi connectivity index (χ4v) is 1.35. The molecule has 5 heteroatoms. The SMILES string of the molecule is CCCCOc1ccc(C(F)(F)F)cc1NC. The number of halogens is 3. The molecule has 0 heterocycles. The molecule has 0 fully saturated rings. The van der Waals surface area contributed by atoms with Crippen molar-refractivity contribution >= 4 is 5.69 Å². The van der Waals surface area contributed by atoms with Crippen molar-refractivity contribution in [2.24, 2.45) is 0 Å². The number of nitrogens with one attached hydrogen (secondary N) is 1. The lowest BCUT2D eigenvalue weighted by molar-refractivity contribution is -0.137. The molecule has 0 aromatic heterocycles. The van der Waals surface area contributed by atoms with Crippen LogP contribution >= 0.6 is 0 Å². The van der Waals surface area contributed by atoms with Gasteiger partial charge in [-0.15, -0.1) is 0 Å². The number of anilines is 1. The quantitative estimate of drug-likeness (QED) is 0.796. The summed E-state index contributed by atoms with van der Waals surface area (Å²) in [7, 11) is 1.57. The monoisotopic (exact) mass is 247 g/mol. The molecule has 0 bridgehead atoms. The van der Waals surface area contributed by atoms with E-state index in [2.05, 4.69) is 5.32 Å². The first-order chi connectivity index (χ1) is 7.99. The van der Waals surface area contributed by atoms with E-state index in [-0.39, 0.29) is 0 Å². The van der Waals surface area contributed by atoms with Gasteiger partial charge in [0.1, 0.15) is 5.75 Å². The first-order valence-electron chi connectivity index (χ1n) is 5.50. The topological polar surface area (TPSA) is 21.3 Å². The number of hydrogen-bond acceptors (Lipinski definition) is 2. The van der Waals surface area contributed by atoms with Gasteiger partial charge in [0.2, 0.25) is 0 Å². The number of rotatable bonds is 5. The Morgan fingerprint density at radius 1 is 1.29 bits per heavy atom. The summed E-state index contributed by atoms with van der Waals surface area (Å²) in [5.74, 6) is 0.453. The van der Waals surface area contributed by atoms with Crippen molar-refractivity contribution in [3.8, 4) is 5.75 Å². The molecular formula is C12H16F3NO. The Kier molecular flexibility index (Phi) is 4.66. The second-order valence-electron chi connectivity index (χ2n) is 3.66. The summed E-state index contributed by atoms with van der Waals surface area (Å²) in [5.41, 5.74) is -0.319. The van der Waals surface area contributed by atoms with Crippen LogP contribution < -0.4 is 10.1 Å². The molecule has 0 saturated carbocycles. The van der Waals surface area contributed by atoms with Gasteiger partial charge in [-0.25, -0.2) is 0 Å². The second kappa shape index (κ2) is 5.80. The Morgan fingerprint density at radius 3 is 2.53 bits per heavy atom. The van der Waals surface area contributed by atoms with Crippen LogP contribution in [0.5, 0.6) is 5.75 Å². The summed E-state index contributed by atoms with van der Waals surface area (Å²) in [6.45, 7) is 2.53. The number of benzene rings is 1. The van der Waals surface area contributed by atoms with E-state index < -0.39 is 11.7 Å². The maximum atomic E-state index is 12.5. The van der Waals surface area contributed by atoms with E-state index in [0.29, 0.717) is 18.0 Å². The van der Waals surface area contributed by atoms with Crippen molar-refractivity contribution in [2.45, 2.75) is 25.9 Å². The molecule has 0 spiro atoms. The van der Waals surface area contributed by atoms with Crippen LogP contribution in [0.25, 0.3) is 0 Å². The van der Waals surface area contributed by atoms with Crippen LogP contribution in [-0.2, 0) is 6.18 Å². The Bertz CT molecular complexity index is 363. The van der Waals surface area contributed by atoms with E-state index >= 15 is 0 Å². The Morgan fingerprint density at radius 2 is 2.00 bits per heavy atom. The largest absolute Gasteiger partial charge is 0.491 e. The van der Waals surface area contributed by atoms with E-state index in [4.69, 9.17) is 4.74 Å². The minimum atomic E-state index is -4.33. The van der Waals surface area contributed by atoms with Crippen LogP contribution in [0, 0.1) is 0 Å². The molecule has 0 aliphatic carbocycles. The fraction of sp³-hybridized carbons (Fsp3) is 0.500. The van der Waals surface area contributed by atoms with Crippen molar-refractivity contribution in [3.05, 3.63) is 23.8 Å². The normalized spacial score (nSPS) is 11.4. The molecule has 1 rings (SSSR count). The van der Waals surface area contributed by atoms with Crippen molar-refractivity contribution in [1.29, 1.82) is 0 Å². The van der Waals surface area contributed by atoms with Crippen LogP contribution in [0.4, 0.5) is 18.9 Å². The van der Waals surface area contributed by atoms with Gasteiger partial charge in [-0.05, 0) is 24.6 Å². The van der Waals surface area contributed by atoms with Gasteiger partial charge in [-0.1, -0.05) is 13.3 Å². The third kappa shape index (κ3) is 3.84. The standard InChI is InChI=1S/C12H16F3NO/c1-3-4-7-17-11-6-5-9(12(13,14)15)8-10(11)16-2/h5-6,8,16H,3-4,7H2,1-2H3. The van der Waals surface area contributed by atoms with E-state index in [9.17, 15) is 13.2 Å². The third-order valence-electron chi connectivity index (χ3n) is 2.33. The van der Waals surface area contributed by atoms with E-state index in [0.717, 1.165) is 25.0 Å². The lowest BCUT2D eigenvalue weighted by Crippen LogP contribution is -2.07. The van der Waals surface area contributed by atoms with Gasteiger partial charge in [-0.2, -0.15) is 13.2 Å². The zero-order chi connectivity index (χ0) is 12.9. The number of unbranched alkanes of at least 4 members (excludes halogenated alkanes) is 1. The summed E-state index contributed by atoms with van der Waals surface area (Å²) in [5, 5.41) is 2.71. The average molecular weight is 247 g/mol. The Hall–Kier alpha value is -1.39. The average Bonchev–Trinajstić information content (AvgIpc) is 2.28. The summed E-state index contributed by atoms with van der Waals surface area (Å²) in [6, 6.07) is 3.44. The smallest absolute Gasteiger partial charge is 0.416 e. The molecule has 0 unspecified atom stereocenters. The molecule has 0 aliphatic rings. The van der Waals surface area contributed by atoms with Gasteiger partial charge in [0, 0.05) is 7.05 Å². The molecule has 0 aliphatic heterocycles. The van der Waals surface area contributed by atoms with E-state index in [1.807, 2.05) is 6.92 Å². The maximum Gasteiger partial charge on any atom is 0.416 e. The first kappa shape index (κ1) is 13.7. The predicted octanol–water partition coefficient (Wildman–Crippen LogP) is 3.93. The maximum absolute atomic E-state index is 12.5. The lowest BCUT2D eigenvalue weighted by atomic mass is 10.2. The molecule has 0 amide bonds. The number of alkyl halides is 3. The van der Waals surface area contributed by atoms with E-state index in [1.165, 1.54) is 6.07 Å². The highest BCUT2D eigenvalue weighted by atomic mass is 19.4. The molecule has 1 aromatic carbocycles. The van der Waals surface area contributed by atoms with Gasteiger partial charge in [0.25, 0.3) is 0 Å². The van der Waals surface area contributed by atoms with Crippen molar-refractivity contribution in [2.75, 3.05) is 19.0 Å². The highest BCUT2D eigenvalue weighted by molar-refractivity contribution is 5.58. The minimum absolute atomic E-state index is 0.357. The van der Waals surface area contributed by atoms with Crippen LogP contribution in [0.3, 0.4) is 0 Å². The zero-order valence-corrected chi connectivity index (χ0v) is 9.90. The molecule has 0 atom stereocenters. The first-order valence-corrected chi connectivity index (χ1v) is 5.50. The third-order valence-corrected chi connectivity index (χ3v) is 2.33. The van der Waals surface area contributed by atoms with Crippen LogP contribution in [0.2, 0.25) is 0 Å². The molecule has 17 heavy (non-hydrogen) atoms. The molecule has 1 N–H and O–H groups in total. The zero-order valence-electron chi connectivity index (χ0n) is 9.90. The van der Waals surface area contributed by atoms with E-state index in [1.54, 1.807) is 7.05 Å². The van der Waals surface area contributed by atoms with Crippen LogP contribution in [0.1, 0.15) is 25.3 Å². The second-order valence-corrected chi connectivity index (χ2v) is 3.66. The van der Waals surface area contributed by atoms with Gasteiger partial charge in [0.15, 0.2) is 0 Å². The fourth-order valence-electron chi connectivity index (χ4n) is 1.35. The van der Waals surface area contributed by atoms with Gasteiger partial charge in [-0.3, -0.25) is 0 Å². The van der Waals surface area contributed by atoms with Crippen molar-refractivity contribution in [1.82, 2.24) is 0 Å². The van der Waals surface area contributed by atoms with Gasteiger partial charge in [0.05, 0.1) is 17.9 Å². The summed E-state index contributed by atoms with van der Waals surface area (Å²) in [4.78, 5) is 0.